The van der Waals surface area contributed by atoms with Crippen molar-refractivity contribution in [2.45, 2.75) is 32.3 Å². The van der Waals surface area contributed by atoms with Crippen LogP contribution in [0.3, 0.4) is 0 Å². The summed E-state index contributed by atoms with van der Waals surface area (Å²) >= 11 is 0. The van der Waals surface area contributed by atoms with Gasteiger partial charge in [-0.15, -0.1) is 25.6 Å². The van der Waals surface area contributed by atoms with Gasteiger partial charge in [-0.3, -0.25) is 4.90 Å². The van der Waals surface area contributed by atoms with Gasteiger partial charge in [-0.2, -0.15) is 0 Å². The van der Waals surface area contributed by atoms with Crippen LogP contribution in [0.1, 0.15) is 13.8 Å². The van der Waals surface area contributed by atoms with E-state index in [0.29, 0.717) is 12.1 Å². The van der Waals surface area contributed by atoms with Crippen molar-refractivity contribution in [2.24, 2.45) is 0 Å². The average molecular weight is 325 g/mol. The summed E-state index contributed by atoms with van der Waals surface area (Å²) < 4.78 is 40.2. The van der Waals surface area contributed by atoms with Gasteiger partial charge >= 0.3 is 6.36 Å². The van der Waals surface area contributed by atoms with Crippen LogP contribution in [-0.2, 0) is 0 Å². The molecular weight excluding hydrogens is 305 g/mol. The zero-order chi connectivity index (χ0) is 14.9. The molecule has 21 heavy (non-hydrogen) atoms. The Kier molecular flexibility index (Phi) is 5.75. The number of piperazine rings is 1. The van der Waals surface area contributed by atoms with E-state index < -0.39 is 6.36 Å². The molecule has 2 rings (SSSR count). The van der Waals surface area contributed by atoms with Crippen LogP contribution in [0.25, 0.3) is 0 Å². The van der Waals surface area contributed by atoms with Gasteiger partial charge in [-0.25, -0.2) is 0 Å². The van der Waals surface area contributed by atoms with Gasteiger partial charge in [0.05, 0.1) is 0 Å². The summed E-state index contributed by atoms with van der Waals surface area (Å²) in [6.07, 6.45) is -4.64. The predicted molar refractivity (Wildman–Crippen MR) is 79.3 cm³/mol. The molecule has 0 N–H and O–H groups in total. The van der Waals surface area contributed by atoms with Gasteiger partial charge in [0.15, 0.2) is 0 Å². The maximum atomic E-state index is 12.1. The Labute approximate surface area is 129 Å². The summed E-state index contributed by atoms with van der Waals surface area (Å²) in [5.74, 6) is -0.184. The van der Waals surface area contributed by atoms with Crippen molar-refractivity contribution in [2.75, 3.05) is 25.0 Å². The molecule has 1 aliphatic rings. The fourth-order valence-electron chi connectivity index (χ4n) is 2.50. The van der Waals surface area contributed by atoms with Gasteiger partial charge in [0.1, 0.15) is 5.75 Å². The van der Waals surface area contributed by atoms with Crippen LogP contribution < -0.4 is 9.64 Å². The third-order valence-corrected chi connectivity index (χ3v) is 3.70. The Morgan fingerprint density at radius 3 is 2.14 bits per heavy atom. The second kappa shape index (κ2) is 6.75. The molecule has 1 saturated heterocycles. The Hall–Kier alpha value is -1.14. The number of ether oxygens (including phenoxy) is 1. The van der Waals surface area contributed by atoms with Crippen LogP contribution >= 0.6 is 12.4 Å². The number of halogens is 4. The van der Waals surface area contributed by atoms with Crippen LogP contribution in [0.2, 0.25) is 0 Å². The molecule has 1 heterocycles. The average Bonchev–Trinajstić information content (AvgIpc) is 2.33. The highest BCUT2D eigenvalue weighted by Gasteiger charge is 2.31. The Bertz CT molecular complexity index is 453. The molecule has 120 valence electrons. The summed E-state index contributed by atoms with van der Waals surface area (Å²) in [6, 6.07) is 6.81. The topological polar surface area (TPSA) is 15.7 Å². The van der Waals surface area contributed by atoms with Gasteiger partial charge in [0.25, 0.3) is 0 Å². The molecule has 0 saturated carbocycles. The molecule has 0 aliphatic carbocycles. The first-order valence-corrected chi connectivity index (χ1v) is 6.59. The van der Waals surface area contributed by atoms with Crippen molar-refractivity contribution in [3.05, 3.63) is 24.3 Å². The normalized spacial score (nSPS) is 23.6. The van der Waals surface area contributed by atoms with E-state index in [2.05, 4.69) is 35.4 Å². The Balaban J connectivity index is 0.00000220. The van der Waals surface area contributed by atoms with Crippen LogP contribution in [-0.4, -0.2) is 43.5 Å². The van der Waals surface area contributed by atoms with Crippen molar-refractivity contribution < 1.29 is 17.9 Å². The minimum Gasteiger partial charge on any atom is -0.406 e. The standard InChI is InChI=1S/C14H19F3N2O.ClH/c1-10-9-19(11(2)8-18(10)3)12-4-6-13(7-5-12)20-14(15,16)17;/h4-7,10-11H,8-9H2,1-3H3;1H/t10-,11+;/m1./s1. The second-order valence-electron chi connectivity index (χ2n) is 5.33. The van der Waals surface area contributed by atoms with Gasteiger partial charge in [0.2, 0.25) is 0 Å². The maximum absolute atomic E-state index is 12.1. The van der Waals surface area contributed by atoms with Crippen molar-refractivity contribution in [1.29, 1.82) is 0 Å². The van der Waals surface area contributed by atoms with Crippen LogP contribution in [0, 0.1) is 0 Å². The Morgan fingerprint density at radius 1 is 1.05 bits per heavy atom. The number of alkyl halides is 3. The molecule has 0 bridgehead atoms. The van der Waals surface area contributed by atoms with E-state index in [-0.39, 0.29) is 18.2 Å². The van der Waals surface area contributed by atoms with E-state index >= 15 is 0 Å². The van der Waals surface area contributed by atoms with E-state index in [1.807, 2.05) is 0 Å². The lowest BCUT2D eigenvalue weighted by Gasteiger charge is -2.43. The molecule has 1 aromatic carbocycles. The number of hydrogen-bond donors (Lipinski definition) is 0. The summed E-state index contributed by atoms with van der Waals surface area (Å²) in [7, 11) is 2.08. The van der Waals surface area contributed by atoms with Gasteiger partial charge in [-0.1, -0.05) is 0 Å². The lowest BCUT2D eigenvalue weighted by Crippen LogP contribution is -2.55. The molecule has 7 heteroatoms. The van der Waals surface area contributed by atoms with Crippen molar-refractivity contribution >= 4 is 18.1 Å². The van der Waals surface area contributed by atoms with Gasteiger partial charge in [-0.05, 0) is 45.2 Å². The molecule has 0 aromatic heterocycles. The molecule has 2 atom stereocenters. The van der Waals surface area contributed by atoms with Crippen molar-refractivity contribution in [3.63, 3.8) is 0 Å². The molecule has 0 amide bonds. The largest absolute Gasteiger partial charge is 0.573 e. The molecule has 0 radical (unpaired) electrons. The zero-order valence-corrected chi connectivity index (χ0v) is 13.0. The summed E-state index contributed by atoms with van der Waals surface area (Å²) in [5.41, 5.74) is 0.923. The fraction of sp³-hybridized carbons (Fsp3) is 0.571. The highest BCUT2D eigenvalue weighted by molar-refractivity contribution is 5.85. The van der Waals surface area contributed by atoms with Gasteiger partial charge < -0.3 is 9.64 Å². The second-order valence-corrected chi connectivity index (χ2v) is 5.33. The summed E-state index contributed by atoms with van der Waals surface area (Å²) in [4.78, 5) is 4.49. The van der Waals surface area contributed by atoms with E-state index in [4.69, 9.17) is 0 Å². The van der Waals surface area contributed by atoms with Crippen LogP contribution in [0.5, 0.6) is 5.75 Å². The quantitative estimate of drug-likeness (QED) is 0.827. The smallest absolute Gasteiger partial charge is 0.406 e. The van der Waals surface area contributed by atoms with Crippen molar-refractivity contribution in [1.82, 2.24) is 4.90 Å². The first kappa shape index (κ1) is 17.9. The molecule has 0 unspecified atom stereocenters. The molecule has 3 nitrogen and oxygen atoms in total. The minimum atomic E-state index is -4.64. The van der Waals surface area contributed by atoms with Crippen LogP contribution in [0.15, 0.2) is 24.3 Å². The molecule has 1 aromatic rings. The number of rotatable bonds is 2. The first-order valence-electron chi connectivity index (χ1n) is 6.59. The maximum Gasteiger partial charge on any atom is 0.573 e. The van der Waals surface area contributed by atoms with E-state index in [0.717, 1.165) is 18.8 Å². The number of nitrogens with zero attached hydrogens (tertiary/aromatic N) is 2. The van der Waals surface area contributed by atoms with Crippen LogP contribution in [0.4, 0.5) is 18.9 Å². The fourth-order valence-corrected chi connectivity index (χ4v) is 2.50. The van der Waals surface area contributed by atoms with Gasteiger partial charge in [0, 0.05) is 30.9 Å². The molecule has 0 spiro atoms. The Morgan fingerprint density at radius 2 is 1.62 bits per heavy atom. The SMILES string of the molecule is C[C@@H]1CN(c2ccc(OC(F)(F)F)cc2)[C@@H](C)CN1C.Cl. The molecular formula is C14H20ClF3N2O. The first-order chi connectivity index (χ1) is 9.26. The minimum absolute atomic E-state index is 0. The number of hydrogen-bond acceptors (Lipinski definition) is 3. The van der Waals surface area contributed by atoms with E-state index in [9.17, 15) is 13.2 Å². The molecule has 1 aliphatic heterocycles. The highest BCUT2D eigenvalue weighted by Crippen LogP contribution is 2.27. The van der Waals surface area contributed by atoms with E-state index in [1.54, 1.807) is 12.1 Å². The third kappa shape index (κ3) is 4.68. The summed E-state index contributed by atoms with van der Waals surface area (Å²) in [5, 5.41) is 0. The van der Waals surface area contributed by atoms with Crippen molar-refractivity contribution in [3.8, 4) is 5.75 Å². The number of likely N-dealkylation sites (N-methyl/N-ethyl adjacent to an activating group) is 1. The number of anilines is 1. The van der Waals surface area contributed by atoms with E-state index in [1.165, 1.54) is 12.1 Å². The highest BCUT2D eigenvalue weighted by atomic mass is 35.5. The lowest BCUT2D eigenvalue weighted by molar-refractivity contribution is -0.274. The zero-order valence-electron chi connectivity index (χ0n) is 12.2. The summed E-state index contributed by atoms with van der Waals surface area (Å²) in [6.45, 7) is 6.04. The predicted octanol–water partition coefficient (Wildman–Crippen LogP) is 3.54. The monoisotopic (exact) mass is 324 g/mol. The third-order valence-electron chi connectivity index (χ3n) is 3.70. The molecule has 1 fully saturated rings. The number of benzene rings is 1. The lowest BCUT2D eigenvalue weighted by atomic mass is 10.1.